The highest BCUT2D eigenvalue weighted by Gasteiger charge is 2.38. The number of ether oxygens (including phenoxy) is 1. The molecule has 0 aromatic heterocycles. The van der Waals surface area contributed by atoms with Gasteiger partial charge in [0.25, 0.3) is 0 Å². The third-order valence-corrected chi connectivity index (χ3v) is 5.95. The molecule has 5 rings (SSSR count). The van der Waals surface area contributed by atoms with Crippen LogP contribution in [0.1, 0.15) is 39.9 Å². The summed E-state index contributed by atoms with van der Waals surface area (Å²) in [6, 6.07) is 21.1. The second-order valence-electron chi connectivity index (χ2n) is 7.34. The topological polar surface area (TPSA) is 38.3 Å². The normalized spacial score (nSPS) is 22.8. The molecule has 3 aromatic carbocycles. The minimum Gasteiger partial charge on any atom is -0.465 e. The summed E-state index contributed by atoms with van der Waals surface area (Å²) >= 11 is 0. The fraction of sp³-hybridized carbons (Fsp3) is 0.208. The second kappa shape index (κ2) is 6.27. The van der Waals surface area contributed by atoms with E-state index in [1.54, 1.807) is 0 Å². The van der Waals surface area contributed by atoms with Crippen LogP contribution in [0.3, 0.4) is 0 Å². The van der Waals surface area contributed by atoms with Crippen LogP contribution in [-0.4, -0.2) is 13.1 Å². The summed E-state index contributed by atoms with van der Waals surface area (Å²) in [5.74, 6) is 0.619. The first-order valence-electron chi connectivity index (χ1n) is 9.39. The number of hydrogen-bond acceptors (Lipinski definition) is 3. The van der Waals surface area contributed by atoms with Crippen molar-refractivity contribution in [3.05, 3.63) is 89.5 Å². The van der Waals surface area contributed by atoms with Crippen LogP contribution < -0.4 is 5.32 Å². The summed E-state index contributed by atoms with van der Waals surface area (Å²) < 4.78 is 4.82. The van der Waals surface area contributed by atoms with Gasteiger partial charge in [-0.25, -0.2) is 4.79 Å². The van der Waals surface area contributed by atoms with Crippen LogP contribution >= 0.6 is 0 Å². The van der Waals surface area contributed by atoms with Crippen molar-refractivity contribution in [1.29, 1.82) is 0 Å². The van der Waals surface area contributed by atoms with Crippen molar-refractivity contribution in [1.82, 2.24) is 0 Å². The van der Waals surface area contributed by atoms with Crippen LogP contribution in [-0.2, 0) is 4.74 Å². The van der Waals surface area contributed by atoms with E-state index in [-0.39, 0.29) is 12.0 Å². The van der Waals surface area contributed by atoms with Gasteiger partial charge >= 0.3 is 5.97 Å². The van der Waals surface area contributed by atoms with Gasteiger partial charge in [0.15, 0.2) is 0 Å². The number of carbonyl (C=O) groups excluding carboxylic acids is 1. The van der Waals surface area contributed by atoms with Gasteiger partial charge in [-0.15, -0.1) is 0 Å². The standard InChI is InChI=1S/C24H21NO2/c1-27-24(26)17-11-9-16(10-12-17)22-20-8-4-7-19(20)21-14-13-15-5-2-3-6-18(15)23(21)25-22/h2-7,9-14,19-20,22,25H,8H2,1H3/t19-,20+,22-/m1/s1. The number of anilines is 1. The molecule has 1 heterocycles. The Morgan fingerprint density at radius 2 is 1.85 bits per heavy atom. The highest BCUT2D eigenvalue weighted by atomic mass is 16.5. The molecule has 3 atom stereocenters. The van der Waals surface area contributed by atoms with Gasteiger partial charge in [-0.3, -0.25) is 0 Å². The van der Waals surface area contributed by atoms with E-state index in [0.717, 1.165) is 6.42 Å². The Morgan fingerprint density at radius 3 is 2.67 bits per heavy atom. The minimum atomic E-state index is -0.296. The van der Waals surface area contributed by atoms with Gasteiger partial charge in [-0.05, 0) is 41.0 Å². The molecule has 0 bridgehead atoms. The molecule has 0 saturated heterocycles. The Balaban J connectivity index is 1.59. The fourth-order valence-electron chi connectivity index (χ4n) is 4.61. The molecule has 0 fully saturated rings. The number of methoxy groups -OCH3 is 1. The molecular formula is C24H21NO2. The number of allylic oxidation sites excluding steroid dienone is 2. The van der Waals surface area contributed by atoms with Crippen LogP contribution in [0.4, 0.5) is 5.69 Å². The van der Waals surface area contributed by atoms with E-state index in [1.807, 2.05) is 12.1 Å². The van der Waals surface area contributed by atoms with E-state index < -0.39 is 0 Å². The highest BCUT2D eigenvalue weighted by molar-refractivity contribution is 5.96. The van der Waals surface area contributed by atoms with Gasteiger partial charge in [-0.1, -0.05) is 60.7 Å². The molecule has 1 N–H and O–H groups in total. The predicted octanol–water partition coefficient (Wildman–Crippen LogP) is 5.45. The molecule has 0 radical (unpaired) electrons. The van der Waals surface area contributed by atoms with Gasteiger partial charge in [0.2, 0.25) is 0 Å². The molecule has 0 saturated carbocycles. The van der Waals surface area contributed by atoms with Crippen molar-refractivity contribution in [3.8, 4) is 0 Å². The predicted molar refractivity (Wildman–Crippen MR) is 108 cm³/mol. The molecule has 0 unspecified atom stereocenters. The van der Waals surface area contributed by atoms with E-state index >= 15 is 0 Å². The first-order valence-corrected chi connectivity index (χ1v) is 9.39. The van der Waals surface area contributed by atoms with Crippen LogP contribution in [0.2, 0.25) is 0 Å². The van der Waals surface area contributed by atoms with E-state index in [9.17, 15) is 4.79 Å². The molecule has 3 aromatic rings. The van der Waals surface area contributed by atoms with Crippen molar-refractivity contribution in [2.45, 2.75) is 18.4 Å². The zero-order valence-corrected chi connectivity index (χ0v) is 15.2. The Kier molecular flexibility index (Phi) is 3.75. The van der Waals surface area contributed by atoms with E-state index in [0.29, 0.717) is 17.4 Å². The number of benzene rings is 3. The average Bonchev–Trinajstić information content (AvgIpc) is 3.22. The van der Waals surface area contributed by atoms with E-state index in [2.05, 4.69) is 66.0 Å². The number of carbonyl (C=O) groups is 1. The quantitative estimate of drug-likeness (QED) is 0.490. The number of rotatable bonds is 2. The minimum absolute atomic E-state index is 0.218. The average molecular weight is 355 g/mol. The Labute approximate surface area is 158 Å². The number of esters is 1. The van der Waals surface area contributed by atoms with Crippen molar-refractivity contribution in [2.75, 3.05) is 12.4 Å². The van der Waals surface area contributed by atoms with Crippen LogP contribution in [0.5, 0.6) is 0 Å². The lowest BCUT2D eigenvalue weighted by Crippen LogP contribution is -2.29. The first-order chi connectivity index (χ1) is 13.3. The number of fused-ring (bicyclic) bond motifs is 5. The third kappa shape index (κ3) is 2.54. The molecule has 3 heteroatoms. The third-order valence-electron chi connectivity index (χ3n) is 5.95. The summed E-state index contributed by atoms with van der Waals surface area (Å²) in [5.41, 5.74) is 4.42. The monoisotopic (exact) mass is 355 g/mol. The second-order valence-corrected chi connectivity index (χ2v) is 7.34. The lowest BCUT2D eigenvalue weighted by atomic mass is 9.76. The molecule has 2 aliphatic rings. The molecule has 27 heavy (non-hydrogen) atoms. The largest absolute Gasteiger partial charge is 0.465 e. The fourth-order valence-corrected chi connectivity index (χ4v) is 4.61. The molecule has 0 spiro atoms. The Morgan fingerprint density at radius 1 is 1.04 bits per heavy atom. The molecule has 0 amide bonds. The van der Waals surface area contributed by atoms with Crippen molar-refractivity contribution in [2.24, 2.45) is 5.92 Å². The molecule has 3 nitrogen and oxygen atoms in total. The number of nitrogens with one attached hydrogen (secondary N) is 1. The lowest BCUT2D eigenvalue weighted by Gasteiger charge is -2.38. The first kappa shape index (κ1) is 16.1. The van der Waals surface area contributed by atoms with Gasteiger partial charge in [0.1, 0.15) is 0 Å². The summed E-state index contributed by atoms with van der Waals surface area (Å²) in [7, 11) is 1.41. The Bertz CT molecular complexity index is 1050. The SMILES string of the molecule is COC(=O)c1ccc([C@H]2Nc3c(ccc4ccccc34)[C@@H]3C=CC[C@H]23)cc1. The van der Waals surface area contributed by atoms with Crippen molar-refractivity contribution >= 4 is 22.4 Å². The smallest absolute Gasteiger partial charge is 0.337 e. The summed E-state index contributed by atoms with van der Waals surface area (Å²) in [6.07, 6.45) is 5.72. The van der Waals surface area contributed by atoms with Gasteiger partial charge in [0.05, 0.1) is 18.7 Å². The van der Waals surface area contributed by atoms with Crippen LogP contribution in [0, 0.1) is 5.92 Å². The summed E-state index contributed by atoms with van der Waals surface area (Å²) in [5, 5.41) is 6.36. The van der Waals surface area contributed by atoms with Crippen LogP contribution in [0.25, 0.3) is 10.8 Å². The van der Waals surface area contributed by atoms with Crippen molar-refractivity contribution in [3.63, 3.8) is 0 Å². The molecule has 1 aliphatic carbocycles. The summed E-state index contributed by atoms with van der Waals surface area (Å²) in [6.45, 7) is 0. The Hall–Kier alpha value is -3.07. The lowest BCUT2D eigenvalue weighted by molar-refractivity contribution is 0.0600. The van der Waals surface area contributed by atoms with Gasteiger partial charge in [0, 0.05) is 17.0 Å². The maximum atomic E-state index is 11.7. The zero-order valence-electron chi connectivity index (χ0n) is 15.2. The van der Waals surface area contributed by atoms with E-state index in [4.69, 9.17) is 4.74 Å². The van der Waals surface area contributed by atoms with Gasteiger partial charge < -0.3 is 10.1 Å². The number of hydrogen-bond donors (Lipinski definition) is 1. The van der Waals surface area contributed by atoms with E-state index in [1.165, 1.54) is 34.7 Å². The molecule has 134 valence electrons. The zero-order chi connectivity index (χ0) is 18.4. The van der Waals surface area contributed by atoms with Crippen LogP contribution in [0.15, 0.2) is 72.8 Å². The maximum absolute atomic E-state index is 11.7. The summed E-state index contributed by atoms with van der Waals surface area (Å²) in [4.78, 5) is 11.7. The molecule has 1 aliphatic heterocycles. The highest BCUT2D eigenvalue weighted by Crippen LogP contribution is 2.51. The van der Waals surface area contributed by atoms with Crippen molar-refractivity contribution < 1.29 is 9.53 Å². The van der Waals surface area contributed by atoms with Gasteiger partial charge in [-0.2, -0.15) is 0 Å². The molecular weight excluding hydrogens is 334 g/mol. The maximum Gasteiger partial charge on any atom is 0.337 e.